The van der Waals surface area contributed by atoms with E-state index in [1.165, 1.54) is 9.80 Å². The number of carbonyl (C=O) groups excluding carboxylic acids is 3. The minimum Gasteiger partial charge on any atom is -0.332 e. The third kappa shape index (κ3) is 3.29. The lowest BCUT2D eigenvalue weighted by Gasteiger charge is -2.32. The Bertz CT molecular complexity index is 595. The predicted octanol–water partition coefficient (Wildman–Crippen LogP) is 1.18. The summed E-state index contributed by atoms with van der Waals surface area (Å²) in [7, 11) is 0. The molecule has 21 heavy (non-hydrogen) atoms. The van der Waals surface area contributed by atoms with Gasteiger partial charge in [0.15, 0.2) is 5.78 Å². The Kier molecular flexibility index (Phi) is 4.40. The summed E-state index contributed by atoms with van der Waals surface area (Å²) < 4.78 is 0. The molecule has 0 aliphatic carbocycles. The minimum absolute atomic E-state index is 0.0107. The van der Waals surface area contributed by atoms with E-state index < -0.39 is 0 Å². The maximum absolute atomic E-state index is 12.3. The zero-order valence-electron chi connectivity index (χ0n) is 12.7. The van der Waals surface area contributed by atoms with E-state index in [2.05, 4.69) is 0 Å². The molecular formula is C16H20N2O3. The quantitative estimate of drug-likeness (QED) is 0.782. The molecular weight excluding hydrogens is 268 g/mol. The van der Waals surface area contributed by atoms with Gasteiger partial charge in [-0.25, -0.2) is 0 Å². The molecule has 0 radical (unpaired) electrons. The molecule has 0 N–H and O–H groups in total. The average molecular weight is 288 g/mol. The van der Waals surface area contributed by atoms with E-state index in [9.17, 15) is 14.4 Å². The molecule has 5 nitrogen and oxygen atoms in total. The van der Waals surface area contributed by atoms with Crippen molar-refractivity contribution in [3.8, 4) is 0 Å². The molecule has 1 heterocycles. The van der Waals surface area contributed by atoms with Crippen molar-refractivity contribution in [2.45, 2.75) is 20.8 Å². The van der Waals surface area contributed by atoms with Gasteiger partial charge in [-0.15, -0.1) is 0 Å². The highest BCUT2D eigenvalue weighted by Crippen LogP contribution is 2.12. The summed E-state index contributed by atoms with van der Waals surface area (Å²) >= 11 is 0. The van der Waals surface area contributed by atoms with Crippen molar-refractivity contribution in [3.05, 3.63) is 34.9 Å². The number of carbonyl (C=O) groups is 3. The number of hydrogen-bond acceptors (Lipinski definition) is 3. The van der Waals surface area contributed by atoms with E-state index in [-0.39, 0.29) is 37.2 Å². The third-order valence-electron chi connectivity index (χ3n) is 3.90. The van der Waals surface area contributed by atoms with Crippen molar-refractivity contribution >= 4 is 17.6 Å². The molecule has 112 valence electrons. The summed E-state index contributed by atoms with van der Waals surface area (Å²) in [6.07, 6.45) is 0. The van der Waals surface area contributed by atoms with Crippen LogP contribution in [0.4, 0.5) is 0 Å². The van der Waals surface area contributed by atoms with E-state index in [4.69, 9.17) is 0 Å². The summed E-state index contributed by atoms with van der Waals surface area (Å²) in [5.41, 5.74) is 2.74. The van der Waals surface area contributed by atoms with E-state index in [0.29, 0.717) is 12.1 Å². The normalized spacial score (nSPS) is 15.6. The molecule has 2 rings (SSSR count). The van der Waals surface area contributed by atoms with Gasteiger partial charge in [-0.3, -0.25) is 14.4 Å². The number of hydrogen-bond donors (Lipinski definition) is 0. The topological polar surface area (TPSA) is 57.7 Å². The van der Waals surface area contributed by atoms with Crippen LogP contribution in [-0.4, -0.2) is 53.6 Å². The van der Waals surface area contributed by atoms with Crippen molar-refractivity contribution < 1.29 is 14.4 Å². The molecule has 5 heteroatoms. The summed E-state index contributed by atoms with van der Waals surface area (Å²) in [5.74, 6) is -0.414. The highest BCUT2D eigenvalue weighted by molar-refractivity contribution is 6.01. The molecule has 1 saturated heterocycles. The van der Waals surface area contributed by atoms with Crippen LogP contribution >= 0.6 is 0 Å². The van der Waals surface area contributed by atoms with Gasteiger partial charge in [-0.2, -0.15) is 0 Å². The molecule has 0 unspecified atom stereocenters. The number of rotatable bonds is 4. The van der Waals surface area contributed by atoms with Crippen LogP contribution in [0, 0.1) is 13.8 Å². The third-order valence-corrected chi connectivity index (χ3v) is 3.90. The van der Waals surface area contributed by atoms with Crippen LogP contribution in [0.2, 0.25) is 0 Å². The molecule has 1 fully saturated rings. The lowest BCUT2D eigenvalue weighted by Crippen LogP contribution is -2.54. The molecule has 2 amide bonds. The first kappa shape index (κ1) is 15.2. The fourth-order valence-corrected chi connectivity index (χ4v) is 2.31. The van der Waals surface area contributed by atoms with Crippen LogP contribution in [0.5, 0.6) is 0 Å². The van der Waals surface area contributed by atoms with E-state index in [1.807, 2.05) is 32.9 Å². The first-order valence-electron chi connectivity index (χ1n) is 7.08. The van der Waals surface area contributed by atoms with Crippen LogP contribution in [0.15, 0.2) is 18.2 Å². The molecule has 0 spiro atoms. The van der Waals surface area contributed by atoms with Crippen LogP contribution < -0.4 is 0 Å². The van der Waals surface area contributed by atoms with Crippen LogP contribution in [0.3, 0.4) is 0 Å². The van der Waals surface area contributed by atoms with Crippen molar-refractivity contribution in [2.75, 3.05) is 26.2 Å². The summed E-state index contributed by atoms with van der Waals surface area (Å²) in [4.78, 5) is 38.9. The molecule has 1 aliphatic rings. The van der Waals surface area contributed by atoms with Gasteiger partial charge >= 0.3 is 0 Å². The van der Waals surface area contributed by atoms with Gasteiger partial charge in [-0.1, -0.05) is 12.1 Å². The van der Waals surface area contributed by atoms with E-state index in [1.54, 1.807) is 6.07 Å². The molecule has 0 bridgehead atoms. The molecule has 1 aliphatic heterocycles. The first-order chi connectivity index (χ1) is 9.92. The lowest BCUT2D eigenvalue weighted by atomic mass is 10.0. The Morgan fingerprint density at radius 3 is 2.29 bits per heavy atom. The summed E-state index contributed by atoms with van der Waals surface area (Å²) in [6.45, 7) is 6.30. The Hall–Kier alpha value is -2.17. The smallest absolute Gasteiger partial charge is 0.243 e. The fraction of sp³-hybridized carbons (Fsp3) is 0.438. The van der Waals surface area contributed by atoms with Gasteiger partial charge in [0.05, 0.1) is 13.1 Å². The number of ketones is 1. The Balaban J connectivity index is 2.07. The Morgan fingerprint density at radius 2 is 1.67 bits per heavy atom. The van der Waals surface area contributed by atoms with Gasteiger partial charge in [0.25, 0.3) is 0 Å². The molecule has 0 saturated carbocycles. The predicted molar refractivity (Wildman–Crippen MR) is 79.1 cm³/mol. The first-order valence-corrected chi connectivity index (χ1v) is 7.08. The lowest BCUT2D eigenvalue weighted by molar-refractivity contribution is -0.149. The van der Waals surface area contributed by atoms with E-state index in [0.717, 1.165) is 11.1 Å². The average Bonchev–Trinajstić information content (AvgIpc) is 2.45. The van der Waals surface area contributed by atoms with Gasteiger partial charge < -0.3 is 9.80 Å². The monoisotopic (exact) mass is 288 g/mol. The van der Waals surface area contributed by atoms with Gasteiger partial charge in [0, 0.05) is 12.1 Å². The molecule has 1 aromatic carbocycles. The van der Waals surface area contributed by atoms with Crippen molar-refractivity contribution in [3.63, 3.8) is 0 Å². The van der Waals surface area contributed by atoms with Crippen molar-refractivity contribution in [1.29, 1.82) is 0 Å². The van der Waals surface area contributed by atoms with Crippen LogP contribution in [0.1, 0.15) is 28.4 Å². The number of likely N-dealkylation sites (N-methyl/N-ethyl adjacent to an activating group) is 1. The van der Waals surface area contributed by atoms with Crippen molar-refractivity contribution in [1.82, 2.24) is 9.80 Å². The minimum atomic E-state index is -0.173. The molecule has 0 aromatic heterocycles. The molecule has 0 atom stereocenters. The standard InChI is InChI=1S/C16H20N2O3/c1-4-17-9-16(21)18(10-15(17)20)8-14(19)13-6-5-11(2)12(3)7-13/h5-7H,4,8-10H2,1-3H3. The maximum Gasteiger partial charge on any atom is 0.243 e. The zero-order chi connectivity index (χ0) is 15.6. The number of Topliss-reactive ketones (excluding diaryl/α,β-unsaturated/α-hetero) is 1. The van der Waals surface area contributed by atoms with Gasteiger partial charge in [0.2, 0.25) is 11.8 Å². The van der Waals surface area contributed by atoms with Gasteiger partial charge in [0.1, 0.15) is 6.54 Å². The van der Waals surface area contributed by atoms with E-state index >= 15 is 0 Å². The number of aryl methyl sites for hydroxylation is 2. The second-order valence-electron chi connectivity index (χ2n) is 5.38. The largest absolute Gasteiger partial charge is 0.332 e. The highest BCUT2D eigenvalue weighted by atomic mass is 16.2. The summed E-state index contributed by atoms with van der Waals surface area (Å²) in [6, 6.07) is 5.48. The van der Waals surface area contributed by atoms with Gasteiger partial charge in [-0.05, 0) is 38.0 Å². The highest BCUT2D eigenvalue weighted by Gasteiger charge is 2.30. The Labute approximate surface area is 124 Å². The zero-order valence-corrected chi connectivity index (χ0v) is 12.7. The Morgan fingerprint density at radius 1 is 1.05 bits per heavy atom. The van der Waals surface area contributed by atoms with Crippen molar-refractivity contribution in [2.24, 2.45) is 0 Å². The second-order valence-corrected chi connectivity index (χ2v) is 5.38. The number of benzene rings is 1. The SMILES string of the molecule is CCN1CC(=O)N(CC(=O)c2ccc(C)c(C)c2)CC1=O. The second kappa shape index (κ2) is 6.08. The maximum atomic E-state index is 12.3. The summed E-state index contributed by atoms with van der Waals surface area (Å²) in [5, 5.41) is 0. The molecule has 1 aromatic rings. The number of amides is 2. The van der Waals surface area contributed by atoms with Crippen LogP contribution in [0.25, 0.3) is 0 Å². The fourth-order valence-electron chi connectivity index (χ4n) is 2.31. The van der Waals surface area contributed by atoms with Crippen LogP contribution in [-0.2, 0) is 9.59 Å². The number of nitrogens with zero attached hydrogens (tertiary/aromatic N) is 2. The number of piperazine rings is 1.